The maximum Gasteiger partial charge on any atom is 0.323 e. The van der Waals surface area contributed by atoms with Crippen LogP contribution in [0.15, 0.2) is 60.7 Å². The first-order valence-electron chi connectivity index (χ1n) is 10.8. The van der Waals surface area contributed by atoms with Gasteiger partial charge in [0.1, 0.15) is 5.75 Å². The number of aryl methyl sites for hydroxylation is 3. The molecule has 0 aliphatic heterocycles. The van der Waals surface area contributed by atoms with Gasteiger partial charge in [-0.25, -0.2) is 4.79 Å². The van der Waals surface area contributed by atoms with E-state index < -0.39 is 5.97 Å². The number of benzene rings is 3. The van der Waals surface area contributed by atoms with Crippen LogP contribution in [0.25, 0.3) is 0 Å². The van der Waals surface area contributed by atoms with E-state index in [9.17, 15) is 19.5 Å². The second-order valence-electron chi connectivity index (χ2n) is 8.01. The van der Waals surface area contributed by atoms with Crippen molar-refractivity contribution in [3.8, 4) is 5.75 Å². The summed E-state index contributed by atoms with van der Waals surface area (Å²) in [7, 11) is 0. The van der Waals surface area contributed by atoms with Gasteiger partial charge in [-0.15, -0.1) is 0 Å². The van der Waals surface area contributed by atoms with Gasteiger partial charge in [0.2, 0.25) is 5.91 Å². The molecule has 3 aromatic carbocycles. The summed E-state index contributed by atoms with van der Waals surface area (Å²) in [6.07, 6.45) is 0.157. The molecular formula is C26H27N3O5. The van der Waals surface area contributed by atoms with Gasteiger partial charge in [0.15, 0.2) is 0 Å². The van der Waals surface area contributed by atoms with Crippen molar-refractivity contribution >= 4 is 35.0 Å². The molecule has 176 valence electrons. The molecule has 0 fully saturated rings. The van der Waals surface area contributed by atoms with Crippen LogP contribution in [0, 0.1) is 13.8 Å². The summed E-state index contributed by atoms with van der Waals surface area (Å²) in [5, 5.41) is 27.1. The predicted octanol–water partition coefficient (Wildman–Crippen LogP) is 4.85. The minimum absolute atomic E-state index is 0.0102. The number of hydrogen-bond acceptors (Lipinski definition) is 4. The Morgan fingerprint density at radius 3 is 2.12 bits per heavy atom. The first-order chi connectivity index (χ1) is 16.2. The second kappa shape index (κ2) is 11.0. The molecule has 0 bridgehead atoms. The minimum Gasteiger partial charge on any atom is -0.508 e. The molecule has 34 heavy (non-hydrogen) atoms. The van der Waals surface area contributed by atoms with E-state index in [2.05, 4.69) is 16.0 Å². The molecule has 0 saturated carbocycles. The van der Waals surface area contributed by atoms with Crippen molar-refractivity contribution in [1.29, 1.82) is 0 Å². The number of rotatable bonds is 8. The molecule has 3 aromatic rings. The van der Waals surface area contributed by atoms with Crippen LogP contribution in [0.2, 0.25) is 0 Å². The average molecular weight is 462 g/mol. The van der Waals surface area contributed by atoms with E-state index in [1.54, 1.807) is 36.4 Å². The number of aromatic hydroxyl groups is 1. The number of urea groups is 1. The highest BCUT2D eigenvalue weighted by Crippen LogP contribution is 2.23. The first-order valence-corrected chi connectivity index (χ1v) is 10.8. The second-order valence-corrected chi connectivity index (χ2v) is 8.01. The third-order valence-electron chi connectivity index (χ3n) is 5.27. The molecule has 0 aliphatic rings. The van der Waals surface area contributed by atoms with Crippen LogP contribution in [0.3, 0.4) is 0 Å². The summed E-state index contributed by atoms with van der Waals surface area (Å²) >= 11 is 0. The number of carbonyl (C=O) groups excluding carboxylic acids is 2. The highest BCUT2D eigenvalue weighted by molar-refractivity contribution is 6.00. The minimum atomic E-state index is -0.963. The Morgan fingerprint density at radius 2 is 1.47 bits per heavy atom. The van der Waals surface area contributed by atoms with Crippen molar-refractivity contribution in [2.45, 2.75) is 33.1 Å². The van der Waals surface area contributed by atoms with Crippen LogP contribution in [0.4, 0.5) is 21.9 Å². The summed E-state index contributed by atoms with van der Waals surface area (Å²) in [6, 6.07) is 16.9. The Labute approximate surface area is 197 Å². The number of carboxylic acid groups (broad SMARTS) is 1. The first kappa shape index (κ1) is 24.3. The van der Waals surface area contributed by atoms with E-state index in [1.807, 2.05) is 32.0 Å². The summed E-state index contributed by atoms with van der Waals surface area (Å²) in [5.74, 6) is -1.23. The predicted molar refractivity (Wildman–Crippen MR) is 131 cm³/mol. The number of aliphatic carboxylic acids is 1. The van der Waals surface area contributed by atoms with E-state index >= 15 is 0 Å². The maximum absolute atomic E-state index is 12.4. The summed E-state index contributed by atoms with van der Waals surface area (Å²) in [6.45, 7) is 3.86. The van der Waals surface area contributed by atoms with E-state index in [0.717, 1.165) is 22.4 Å². The number of carbonyl (C=O) groups is 3. The molecule has 0 spiro atoms. The van der Waals surface area contributed by atoms with Crippen LogP contribution in [0.5, 0.6) is 5.75 Å². The molecule has 0 unspecified atom stereocenters. The maximum atomic E-state index is 12.4. The zero-order valence-electron chi connectivity index (χ0n) is 19.0. The van der Waals surface area contributed by atoms with Gasteiger partial charge < -0.3 is 26.2 Å². The summed E-state index contributed by atoms with van der Waals surface area (Å²) < 4.78 is 0. The topological polar surface area (TPSA) is 128 Å². The van der Waals surface area contributed by atoms with Gasteiger partial charge in [0.25, 0.3) is 0 Å². The van der Waals surface area contributed by atoms with E-state index in [0.29, 0.717) is 16.9 Å². The Bertz CT molecular complexity index is 1190. The largest absolute Gasteiger partial charge is 0.508 e. The quantitative estimate of drug-likeness (QED) is 0.306. The Morgan fingerprint density at radius 1 is 0.824 bits per heavy atom. The van der Waals surface area contributed by atoms with Gasteiger partial charge in [0, 0.05) is 23.5 Å². The van der Waals surface area contributed by atoms with E-state index in [1.165, 1.54) is 6.07 Å². The molecule has 8 nitrogen and oxygen atoms in total. The number of phenols is 1. The number of hydrogen-bond donors (Lipinski definition) is 5. The lowest BCUT2D eigenvalue weighted by Gasteiger charge is -2.13. The van der Waals surface area contributed by atoms with Crippen molar-refractivity contribution in [2.24, 2.45) is 0 Å². The number of nitrogens with one attached hydrogen (secondary N) is 3. The Balaban J connectivity index is 1.55. The highest BCUT2D eigenvalue weighted by atomic mass is 16.4. The molecule has 0 saturated heterocycles. The Kier molecular flexibility index (Phi) is 7.87. The van der Waals surface area contributed by atoms with Gasteiger partial charge >= 0.3 is 12.0 Å². The zero-order chi connectivity index (χ0) is 24.7. The molecule has 0 heterocycles. The number of carboxylic acids is 1. The summed E-state index contributed by atoms with van der Waals surface area (Å²) in [5.41, 5.74) is 4.99. The van der Waals surface area contributed by atoms with Gasteiger partial charge in [-0.3, -0.25) is 9.59 Å². The molecule has 8 heteroatoms. The molecule has 3 amide bonds. The Hall–Kier alpha value is -4.33. The van der Waals surface area contributed by atoms with Crippen LogP contribution < -0.4 is 16.0 Å². The summed E-state index contributed by atoms with van der Waals surface area (Å²) in [4.78, 5) is 35.5. The average Bonchev–Trinajstić information content (AvgIpc) is 2.78. The van der Waals surface area contributed by atoms with E-state index in [-0.39, 0.29) is 37.0 Å². The van der Waals surface area contributed by atoms with Crippen LogP contribution >= 0.6 is 0 Å². The van der Waals surface area contributed by atoms with Crippen molar-refractivity contribution < 1.29 is 24.6 Å². The van der Waals surface area contributed by atoms with Crippen molar-refractivity contribution in [3.05, 3.63) is 82.9 Å². The third-order valence-corrected chi connectivity index (χ3v) is 5.27. The van der Waals surface area contributed by atoms with E-state index in [4.69, 9.17) is 5.11 Å². The fraction of sp³-hybridized carbons (Fsp3) is 0.192. The fourth-order valence-corrected chi connectivity index (χ4v) is 3.49. The molecular weight excluding hydrogens is 434 g/mol. The number of amides is 3. The SMILES string of the molecule is Cc1cccc(C)c1NC(=O)Nc1ccc(CC(=O)Nc2ccc(O)c(CCC(=O)O)c2)cc1. The molecule has 5 N–H and O–H groups in total. The zero-order valence-corrected chi connectivity index (χ0v) is 19.0. The normalized spacial score (nSPS) is 10.4. The third kappa shape index (κ3) is 6.83. The van der Waals surface area contributed by atoms with Crippen LogP contribution in [-0.4, -0.2) is 28.1 Å². The van der Waals surface area contributed by atoms with Gasteiger partial charge in [0.05, 0.1) is 6.42 Å². The van der Waals surface area contributed by atoms with Gasteiger partial charge in [-0.2, -0.15) is 0 Å². The lowest BCUT2D eigenvalue weighted by molar-refractivity contribution is -0.137. The number of anilines is 3. The van der Waals surface area contributed by atoms with Crippen LogP contribution in [-0.2, 0) is 22.4 Å². The smallest absolute Gasteiger partial charge is 0.323 e. The number of phenolic OH excluding ortho intramolecular Hbond substituents is 1. The molecule has 0 radical (unpaired) electrons. The highest BCUT2D eigenvalue weighted by Gasteiger charge is 2.10. The van der Waals surface area contributed by atoms with Crippen molar-refractivity contribution in [3.63, 3.8) is 0 Å². The van der Waals surface area contributed by atoms with Gasteiger partial charge in [-0.1, -0.05) is 30.3 Å². The van der Waals surface area contributed by atoms with Gasteiger partial charge in [-0.05, 0) is 72.9 Å². The molecule has 0 aliphatic carbocycles. The van der Waals surface area contributed by atoms with Crippen LogP contribution in [0.1, 0.15) is 28.7 Å². The number of para-hydroxylation sites is 1. The lowest BCUT2D eigenvalue weighted by atomic mass is 10.1. The fourth-order valence-electron chi connectivity index (χ4n) is 3.49. The molecule has 3 rings (SSSR count). The molecule has 0 atom stereocenters. The molecule has 0 aromatic heterocycles. The lowest BCUT2D eigenvalue weighted by Crippen LogP contribution is -2.20. The van der Waals surface area contributed by atoms with Crippen molar-refractivity contribution in [2.75, 3.05) is 16.0 Å². The monoisotopic (exact) mass is 461 g/mol. The standard InChI is InChI=1S/C26H27N3O5/c1-16-4-3-5-17(2)25(16)29-26(34)28-20-9-6-18(7-10-20)14-23(31)27-21-11-12-22(30)19(15-21)8-13-24(32)33/h3-7,9-12,15,30H,8,13-14H2,1-2H3,(H,27,31)(H,32,33)(H2,28,29,34). The van der Waals surface area contributed by atoms with Crippen molar-refractivity contribution in [1.82, 2.24) is 0 Å².